The van der Waals surface area contributed by atoms with E-state index in [1.807, 2.05) is 55.5 Å². The summed E-state index contributed by atoms with van der Waals surface area (Å²) >= 11 is 0. The lowest BCUT2D eigenvalue weighted by Gasteiger charge is -2.03. The zero-order valence-corrected chi connectivity index (χ0v) is 12.7. The van der Waals surface area contributed by atoms with Crippen LogP contribution < -0.4 is 4.74 Å². The van der Waals surface area contributed by atoms with Crippen molar-refractivity contribution in [3.63, 3.8) is 0 Å². The Balaban J connectivity index is 1.81. The van der Waals surface area contributed by atoms with Gasteiger partial charge in [0.1, 0.15) is 5.75 Å². The van der Waals surface area contributed by atoms with Crippen molar-refractivity contribution in [2.75, 3.05) is 6.61 Å². The highest BCUT2D eigenvalue weighted by Gasteiger charge is 2.10. The van der Waals surface area contributed by atoms with E-state index in [0.29, 0.717) is 11.7 Å². The molecule has 4 nitrogen and oxygen atoms in total. The Morgan fingerprint density at radius 1 is 1.05 bits per heavy atom. The first-order chi connectivity index (χ1) is 10.8. The van der Waals surface area contributed by atoms with Crippen molar-refractivity contribution in [1.29, 1.82) is 0 Å². The number of nitrogens with zero attached hydrogens (tertiary/aromatic N) is 2. The van der Waals surface area contributed by atoms with Crippen molar-refractivity contribution in [3.8, 4) is 28.6 Å². The normalized spacial score (nSPS) is 10.6. The molecule has 0 atom stereocenters. The monoisotopic (exact) mass is 294 g/mol. The summed E-state index contributed by atoms with van der Waals surface area (Å²) in [6.07, 6.45) is 0.991. The van der Waals surface area contributed by atoms with Gasteiger partial charge in [0.05, 0.1) is 6.61 Å². The lowest BCUT2D eigenvalue weighted by molar-refractivity contribution is 0.317. The molecule has 0 amide bonds. The molecular formula is C18H18N2O2. The van der Waals surface area contributed by atoms with Crippen LogP contribution in [0, 0.1) is 6.92 Å². The van der Waals surface area contributed by atoms with Gasteiger partial charge in [-0.15, -0.1) is 0 Å². The maximum absolute atomic E-state index is 5.57. The number of aryl methyl sites for hydroxylation is 1. The highest BCUT2D eigenvalue weighted by molar-refractivity contribution is 5.60. The summed E-state index contributed by atoms with van der Waals surface area (Å²) in [4.78, 5) is 4.47. The predicted molar refractivity (Wildman–Crippen MR) is 85.7 cm³/mol. The van der Waals surface area contributed by atoms with Crippen molar-refractivity contribution in [2.45, 2.75) is 20.3 Å². The Morgan fingerprint density at radius 2 is 1.86 bits per heavy atom. The molecule has 2 aromatic carbocycles. The van der Waals surface area contributed by atoms with Gasteiger partial charge >= 0.3 is 0 Å². The smallest absolute Gasteiger partial charge is 0.258 e. The van der Waals surface area contributed by atoms with E-state index in [9.17, 15) is 0 Å². The van der Waals surface area contributed by atoms with E-state index >= 15 is 0 Å². The lowest BCUT2D eigenvalue weighted by atomic mass is 10.1. The molecule has 0 fully saturated rings. The molecule has 3 aromatic rings. The first-order valence-corrected chi connectivity index (χ1v) is 7.40. The molecule has 22 heavy (non-hydrogen) atoms. The van der Waals surface area contributed by atoms with E-state index in [0.717, 1.165) is 29.9 Å². The molecule has 0 aliphatic heterocycles. The molecule has 0 unspecified atom stereocenters. The molecule has 1 aromatic heterocycles. The lowest BCUT2D eigenvalue weighted by Crippen LogP contribution is -1.94. The standard InChI is InChI=1S/C18H18N2O2/c1-3-11-21-16-9-7-14(8-10-16)18-19-17(20-22-18)15-6-4-5-13(2)12-15/h4-10,12H,3,11H2,1-2H3. The second-order valence-electron chi connectivity index (χ2n) is 5.17. The van der Waals surface area contributed by atoms with Crippen LogP contribution in [0.25, 0.3) is 22.8 Å². The second-order valence-corrected chi connectivity index (χ2v) is 5.17. The number of benzene rings is 2. The first-order valence-electron chi connectivity index (χ1n) is 7.40. The number of hydrogen-bond acceptors (Lipinski definition) is 4. The summed E-state index contributed by atoms with van der Waals surface area (Å²) in [6.45, 7) is 4.84. The quantitative estimate of drug-likeness (QED) is 0.695. The SMILES string of the molecule is CCCOc1ccc(-c2nc(-c3cccc(C)c3)no2)cc1. The van der Waals surface area contributed by atoms with Crippen LogP contribution in [0.15, 0.2) is 53.1 Å². The average molecular weight is 294 g/mol. The van der Waals surface area contributed by atoms with E-state index in [1.54, 1.807) is 0 Å². The van der Waals surface area contributed by atoms with Gasteiger partial charge in [-0.2, -0.15) is 4.98 Å². The van der Waals surface area contributed by atoms with Crippen molar-refractivity contribution in [3.05, 3.63) is 54.1 Å². The van der Waals surface area contributed by atoms with Gasteiger partial charge in [-0.25, -0.2) is 0 Å². The Labute approximate surface area is 129 Å². The number of hydrogen-bond donors (Lipinski definition) is 0. The van der Waals surface area contributed by atoms with E-state index in [2.05, 4.69) is 17.1 Å². The van der Waals surface area contributed by atoms with Gasteiger partial charge in [0, 0.05) is 11.1 Å². The molecule has 0 N–H and O–H groups in total. The van der Waals surface area contributed by atoms with Crippen LogP contribution in [0.1, 0.15) is 18.9 Å². The summed E-state index contributed by atoms with van der Waals surface area (Å²) in [5.41, 5.74) is 3.01. The summed E-state index contributed by atoms with van der Waals surface area (Å²) in [7, 11) is 0. The van der Waals surface area contributed by atoms with E-state index < -0.39 is 0 Å². The average Bonchev–Trinajstić information content (AvgIpc) is 3.03. The van der Waals surface area contributed by atoms with Gasteiger partial charge in [0.15, 0.2) is 0 Å². The van der Waals surface area contributed by atoms with Crippen LogP contribution in [-0.2, 0) is 0 Å². The van der Waals surface area contributed by atoms with Crippen LogP contribution in [0.2, 0.25) is 0 Å². The predicted octanol–water partition coefficient (Wildman–Crippen LogP) is 4.50. The zero-order valence-electron chi connectivity index (χ0n) is 12.7. The first kappa shape index (κ1) is 14.3. The topological polar surface area (TPSA) is 48.2 Å². The van der Waals surface area contributed by atoms with Crippen LogP contribution in [-0.4, -0.2) is 16.7 Å². The Kier molecular flexibility index (Phi) is 4.19. The maximum atomic E-state index is 5.57. The van der Waals surface area contributed by atoms with Crippen LogP contribution in [0.5, 0.6) is 5.75 Å². The number of rotatable bonds is 5. The fourth-order valence-corrected chi connectivity index (χ4v) is 2.16. The minimum Gasteiger partial charge on any atom is -0.494 e. The molecular weight excluding hydrogens is 276 g/mol. The second kappa shape index (κ2) is 6.43. The number of ether oxygens (including phenoxy) is 1. The molecule has 1 heterocycles. The molecule has 4 heteroatoms. The molecule has 0 saturated heterocycles. The highest BCUT2D eigenvalue weighted by atomic mass is 16.5. The van der Waals surface area contributed by atoms with Crippen LogP contribution in [0.3, 0.4) is 0 Å². The summed E-state index contributed by atoms with van der Waals surface area (Å²) in [5.74, 6) is 1.97. The fraction of sp³-hybridized carbons (Fsp3) is 0.222. The van der Waals surface area contributed by atoms with Gasteiger partial charge in [0.2, 0.25) is 5.82 Å². The Hall–Kier alpha value is -2.62. The Morgan fingerprint density at radius 3 is 2.59 bits per heavy atom. The van der Waals surface area contributed by atoms with Gasteiger partial charge < -0.3 is 9.26 Å². The summed E-state index contributed by atoms with van der Waals surface area (Å²) in [6, 6.07) is 15.7. The minimum atomic E-state index is 0.513. The van der Waals surface area contributed by atoms with Crippen molar-refractivity contribution >= 4 is 0 Å². The molecule has 0 aliphatic carbocycles. The largest absolute Gasteiger partial charge is 0.494 e. The number of aromatic nitrogens is 2. The minimum absolute atomic E-state index is 0.513. The maximum Gasteiger partial charge on any atom is 0.258 e. The van der Waals surface area contributed by atoms with Crippen LogP contribution in [0.4, 0.5) is 0 Å². The molecule has 0 aliphatic rings. The zero-order chi connectivity index (χ0) is 15.4. The third-order valence-electron chi connectivity index (χ3n) is 3.28. The molecule has 0 saturated carbocycles. The van der Waals surface area contributed by atoms with Gasteiger partial charge in [0.25, 0.3) is 5.89 Å². The Bertz CT molecular complexity index is 748. The molecule has 0 bridgehead atoms. The van der Waals surface area contributed by atoms with Crippen molar-refractivity contribution < 1.29 is 9.26 Å². The third kappa shape index (κ3) is 3.17. The van der Waals surface area contributed by atoms with E-state index in [-0.39, 0.29) is 0 Å². The van der Waals surface area contributed by atoms with Gasteiger partial charge in [-0.3, -0.25) is 0 Å². The van der Waals surface area contributed by atoms with Gasteiger partial charge in [-0.1, -0.05) is 35.8 Å². The summed E-state index contributed by atoms with van der Waals surface area (Å²) < 4.78 is 10.9. The van der Waals surface area contributed by atoms with E-state index in [4.69, 9.17) is 9.26 Å². The highest BCUT2D eigenvalue weighted by Crippen LogP contribution is 2.24. The van der Waals surface area contributed by atoms with Crippen molar-refractivity contribution in [2.24, 2.45) is 0 Å². The van der Waals surface area contributed by atoms with Crippen LogP contribution >= 0.6 is 0 Å². The molecule has 3 rings (SSSR count). The molecule has 0 radical (unpaired) electrons. The van der Waals surface area contributed by atoms with E-state index in [1.165, 1.54) is 5.56 Å². The van der Waals surface area contributed by atoms with Gasteiger partial charge in [-0.05, 0) is 43.7 Å². The fourth-order valence-electron chi connectivity index (χ4n) is 2.16. The summed E-state index contributed by atoms with van der Waals surface area (Å²) in [5, 5.41) is 4.06. The van der Waals surface area contributed by atoms with Crippen molar-refractivity contribution in [1.82, 2.24) is 10.1 Å². The molecule has 112 valence electrons. The third-order valence-corrected chi connectivity index (χ3v) is 3.28. The molecule has 0 spiro atoms.